The zero-order chi connectivity index (χ0) is 13.7. The summed E-state index contributed by atoms with van der Waals surface area (Å²) in [5, 5.41) is 15.5. The molecule has 9 heteroatoms. The van der Waals surface area contributed by atoms with Crippen molar-refractivity contribution in [3.05, 3.63) is 16.2 Å². The number of rotatable bonds is 7. The van der Waals surface area contributed by atoms with Crippen molar-refractivity contribution in [1.29, 1.82) is 0 Å². The highest BCUT2D eigenvalue weighted by molar-refractivity contribution is 7.98. The third kappa shape index (κ3) is 3.35. The van der Waals surface area contributed by atoms with Gasteiger partial charge in [0.25, 0.3) is 0 Å². The molecule has 2 rings (SSSR count). The molecule has 0 atom stereocenters. The average Bonchev–Trinajstić information content (AvgIpc) is 3.00. The van der Waals surface area contributed by atoms with Gasteiger partial charge in [0.05, 0.1) is 0 Å². The molecule has 19 heavy (non-hydrogen) atoms. The molecule has 0 radical (unpaired) electrons. The third-order valence-electron chi connectivity index (χ3n) is 2.47. The normalized spacial score (nSPS) is 10.8. The maximum atomic E-state index is 11.4. The minimum Gasteiger partial charge on any atom is -0.374 e. The van der Waals surface area contributed by atoms with Crippen LogP contribution in [0.5, 0.6) is 0 Å². The van der Waals surface area contributed by atoms with Gasteiger partial charge in [-0.3, -0.25) is 4.57 Å². The highest BCUT2D eigenvalue weighted by Crippen LogP contribution is 2.25. The predicted molar refractivity (Wildman–Crippen MR) is 76.8 cm³/mol. The van der Waals surface area contributed by atoms with Crippen LogP contribution in [-0.4, -0.2) is 30.9 Å². The van der Waals surface area contributed by atoms with E-state index in [1.54, 1.807) is 4.57 Å². The summed E-state index contributed by atoms with van der Waals surface area (Å²) in [6.07, 6.45) is 1.05. The van der Waals surface area contributed by atoms with E-state index in [9.17, 15) is 4.79 Å². The Bertz CT molecular complexity index is 575. The first-order valence-electron chi connectivity index (χ1n) is 6.09. The molecule has 7 nitrogen and oxygen atoms in total. The number of thioether (sulfide) groups is 1. The van der Waals surface area contributed by atoms with Crippen LogP contribution in [0.1, 0.15) is 26.0 Å². The molecule has 0 fully saturated rings. The summed E-state index contributed by atoms with van der Waals surface area (Å²) in [4.78, 5) is 11.4. The van der Waals surface area contributed by atoms with Gasteiger partial charge in [-0.25, -0.2) is 9.89 Å². The van der Waals surface area contributed by atoms with Crippen LogP contribution in [0.4, 0.5) is 5.00 Å². The maximum Gasteiger partial charge on any atom is 0.343 e. The molecule has 104 valence electrons. The van der Waals surface area contributed by atoms with Crippen molar-refractivity contribution in [3.8, 4) is 0 Å². The fourth-order valence-corrected chi connectivity index (χ4v) is 3.14. The Hall–Kier alpha value is -1.35. The lowest BCUT2D eigenvalue weighted by Crippen LogP contribution is -2.16. The number of aromatic nitrogens is 5. The largest absolute Gasteiger partial charge is 0.374 e. The molecule has 0 spiro atoms. The Kier molecular flexibility index (Phi) is 4.97. The number of nitrogens with one attached hydrogen (secondary N) is 2. The molecule has 2 aromatic heterocycles. The van der Waals surface area contributed by atoms with Gasteiger partial charge in [0.2, 0.25) is 0 Å². The van der Waals surface area contributed by atoms with E-state index < -0.39 is 0 Å². The summed E-state index contributed by atoms with van der Waals surface area (Å²) in [5.41, 5.74) is 0.729. The summed E-state index contributed by atoms with van der Waals surface area (Å²) in [6, 6.07) is 0. The number of hydrogen-bond donors (Lipinski definition) is 2. The molecule has 0 aliphatic rings. The second kappa shape index (κ2) is 6.71. The highest BCUT2D eigenvalue weighted by atomic mass is 32.2. The highest BCUT2D eigenvalue weighted by Gasteiger charge is 2.11. The van der Waals surface area contributed by atoms with Gasteiger partial charge in [0, 0.05) is 30.4 Å². The van der Waals surface area contributed by atoms with Crippen LogP contribution < -0.4 is 11.0 Å². The molecule has 0 aliphatic heterocycles. The van der Waals surface area contributed by atoms with Gasteiger partial charge in [0.15, 0.2) is 5.16 Å². The van der Waals surface area contributed by atoms with Crippen molar-refractivity contribution in [3.63, 3.8) is 0 Å². The molecule has 2 heterocycles. The number of hydrogen-bond acceptors (Lipinski definition) is 7. The van der Waals surface area contributed by atoms with Gasteiger partial charge in [-0.2, -0.15) is 0 Å². The van der Waals surface area contributed by atoms with Crippen molar-refractivity contribution >= 4 is 28.3 Å². The average molecular weight is 300 g/mol. The topological polar surface area (TPSA) is 88.5 Å². The summed E-state index contributed by atoms with van der Waals surface area (Å²) in [5.74, 6) is 0.646. The van der Waals surface area contributed by atoms with Gasteiger partial charge in [-0.15, -0.1) is 10.2 Å². The first kappa shape index (κ1) is 14.1. The van der Waals surface area contributed by atoms with E-state index in [1.165, 1.54) is 23.3 Å². The zero-order valence-corrected chi connectivity index (χ0v) is 12.5. The standard InChI is InChI=1S/C10H16N6OS2/c1-3-5-11-8-7(12-15-19-8)6-18-10-14-13-9(17)16(10)4-2/h11H,3-6H2,1-2H3,(H,13,17). The van der Waals surface area contributed by atoms with Crippen molar-refractivity contribution in [2.75, 3.05) is 11.9 Å². The van der Waals surface area contributed by atoms with Gasteiger partial charge in [0.1, 0.15) is 10.7 Å². The Labute approximate surface area is 119 Å². The lowest BCUT2D eigenvalue weighted by molar-refractivity contribution is 0.660. The maximum absolute atomic E-state index is 11.4. The molecule has 0 bridgehead atoms. The second-order valence-electron chi connectivity index (χ2n) is 3.82. The van der Waals surface area contributed by atoms with E-state index in [0.717, 1.165) is 23.7 Å². The quantitative estimate of drug-likeness (QED) is 0.754. The smallest absolute Gasteiger partial charge is 0.343 e. The van der Waals surface area contributed by atoms with Crippen molar-refractivity contribution in [2.24, 2.45) is 0 Å². The molecule has 2 aromatic rings. The lowest BCUT2D eigenvalue weighted by Gasteiger charge is -2.03. The van der Waals surface area contributed by atoms with Crippen LogP contribution in [-0.2, 0) is 12.3 Å². The van der Waals surface area contributed by atoms with Crippen LogP contribution in [0.25, 0.3) is 0 Å². The summed E-state index contributed by atoms with van der Waals surface area (Å²) >= 11 is 2.84. The summed E-state index contributed by atoms with van der Waals surface area (Å²) in [7, 11) is 0. The third-order valence-corrected chi connectivity index (χ3v) is 4.18. The van der Waals surface area contributed by atoms with Crippen LogP contribution >= 0.6 is 23.3 Å². The number of H-pyrrole nitrogens is 1. The van der Waals surface area contributed by atoms with E-state index in [4.69, 9.17) is 0 Å². The molecule has 0 saturated heterocycles. The fraction of sp³-hybridized carbons (Fsp3) is 0.600. The van der Waals surface area contributed by atoms with Crippen molar-refractivity contribution in [1.82, 2.24) is 24.4 Å². The van der Waals surface area contributed by atoms with Gasteiger partial charge in [-0.1, -0.05) is 23.2 Å². The number of anilines is 1. The number of nitrogens with zero attached hydrogens (tertiary/aromatic N) is 4. The van der Waals surface area contributed by atoms with Crippen molar-refractivity contribution in [2.45, 2.75) is 37.7 Å². The molecule has 2 N–H and O–H groups in total. The van der Waals surface area contributed by atoms with E-state index in [2.05, 4.69) is 32.0 Å². The van der Waals surface area contributed by atoms with E-state index in [0.29, 0.717) is 17.5 Å². The number of aromatic amines is 1. The van der Waals surface area contributed by atoms with Crippen LogP contribution in [0, 0.1) is 0 Å². The Morgan fingerprint density at radius 1 is 1.47 bits per heavy atom. The minimum atomic E-state index is -0.175. The first-order chi connectivity index (χ1) is 9.26. The SMILES string of the molecule is CCCNc1snnc1CSc1n[nH]c(=O)n1CC. The summed E-state index contributed by atoms with van der Waals surface area (Å²) < 4.78 is 5.55. The summed E-state index contributed by atoms with van der Waals surface area (Å²) in [6.45, 7) is 5.54. The van der Waals surface area contributed by atoms with E-state index >= 15 is 0 Å². The van der Waals surface area contributed by atoms with Gasteiger partial charge in [-0.05, 0) is 13.3 Å². The van der Waals surface area contributed by atoms with Gasteiger partial charge < -0.3 is 5.32 Å². The Morgan fingerprint density at radius 2 is 2.32 bits per heavy atom. The fourth-order valence-electron chi connectivity index (χ4n) is 1.50. The molecular weight excluding hydrogens is 284 g/mol. The Morgan fingerprint density at radius 3 is 3.05 bits per heavy atom. The van der Waals surface area contributed by atoms with E-state index in [1.807, 2.05) is 6.92 Å². The lowest BCUT2D eigenvalue weighted by atomic mass is 10.4. The van der Waals surface area contributed by atoms with Crippen LogP contribution in [0.3, 0.4) is 0 Å². The zero-order valence-electron chi connectivity index (χ0n) is 10.8. The van der Waals surface area contributed by atoms with Crippen molar-refractivity contribution < 1.29 is 0 Å². The van der Waals surface area contributed by atoms with Gasteiger partial charge >= 0.3 is 5.69 Å². The van der Waals surface area contributed by atoms with Crippen LogP contribution in [0.2, 0.25) is 0 Å². The molecule has 0 aliphatic carbocycles. The van der Waals surface area contributed by atoms with E-state index in [-0.39, 0.29) is 5.69 Å². The second-order valence-corrected chi connectivity index (χ2v) is 5.52. The molecule has 0 unspecified atom stereocenters. The minimum absolute atomic E-state index is 0.175. The first-order valence-corrected chi connectivity index (χ1v) is 7.85. The molecule has 0 amide bonds. The molecular formula is C10H16N6OS2. The molecule has 0 aromatic carbocycles. The predicted octanol–water partition coefficient (Wildman–Crippen LogP) is 1.56. The molecule has 0 saturated carbocycles. The monoisotopic (exact) mass is 300 g/mol. The van der Waals surface area contributed by atoms with Crippen LogP contribution in [0.15, 0.2) is 9.95 Å². The Balaban J connectivity index is 2.02.